The van der Waals surface area contributed by atoms with E-state index in [1.54, 1.807) is 0 Å². The Labute approximate surface area is 87.6 Å². The minimum Gasteiger partial charge on any atom is -0.197 e. The highest BCUT2D eigenvalue weighted by atomic mass is 15.3. The Kier molecular flexibility index (Phi) is 2.46. The third-order valence-corrected chi connectivity index (χ3v) is 2.32. The fourth-order valence-electron chi connectivity index (χ4n) is 1.44. The molecule has 15 heavy (non-hydrogen) atoms. The summed E-state index contributed by atoms with van der Waals surface area (Å²) in [5, 5.41) is 19.5. The van der Waals surface area contributed by atoms with Crippen molar-refractivity contribution in [2.45, 2.75) is 13.3 Å². The lowest BCUT2D eigenvalue weighted by atomic mass is 10.0. The standard InChI is InChI=1S/C11H10N4/c1-8-11(14-15-13-8)6-9-4-2-3-5-10(9)7-12/h2-5H,6H2,1H3,(H,13,14,15). The molecule has 0 aliphatic rings. The first-order valence-corrected chi connectivity index (χ1v) is 4.65. The van der Waals surface area contributed by atoms with Gasteiger partial charge in [0.15, 0.2) is 0 Å². The molecule has 0 spiro atoms. The fraction of sp³-hybridized carbons (Fsp3) is 0.182. The van der Waals surface area contributed by atoms with Crippen LogP contribution in [0.4, 0.5) is 0 Å². The molecule has 0 bridgehead atoms. The number of nitriles is 1. The van der Waals surface area contributed by atoms with E-state index >= 15 is 0 Å². The number of H-pyrrole nitrogens is 1. The van der Waals surface area contributed by atoms with E-state index in [2.05, 4.69) is 21.5 Å². The van der Waals surface area contributed by atoms with Crippen molar-refractivity contribution >= 4 is 0 Å². The average molecular weight is 198 g/mol. The lowest BCUT2D eigenvalue weighted by Gasteiger charge is -2.00. The number of nitrogens with zero attached hydrogens (tertiary/aromatic N) is 3. The van der Waals surface area contributed by atoms with Crippen LogP contribution in [0.1, 0.15) is 22.5 Å². The molecule has 0 aliphatic heterocycles. The van der Waals surface area contributed by atoms with Crippen molar-refractivity contribution in [3.8, 4) is 6.07 Å². The highest BCUT2D eigenvalue weighted by molar-refractivity contribution is 5.39. The fourth-order valence-corrected chi connectivity index (χ4v) is 1.44. The van der Waals surface area contributed by atoms with E-state index < -0.39 is 0 Å². The SMILES string of the molecule is Cc1n[nH]nc1Cc1ccccc1C#N. The number of rotatable bonds is 2. The normalized spacial score (nSPS) is 9.87. The van der Waals surface area contributed by atoms with Gasteiger partial charge in [-0.25, -0.2) is 0 Å². The first-order chi connectivity index (χ1) is 7.31. The molecule has 1 aromatic heterocycles. The van der Waals surface area contributed by atoms with Crippen molar-refractivity contribution in [1.82, 2.24) is 15.4 Å². The van der Waals surface area contributed by atoms with Crippen molar-refractivity contribution in [1.29, 1.82) is 5.26 Å². The van der Waals surface area contributed by atoms with Gasteiger partial charge in [-0.15, -0.1) is 0 Å². The topological polar surface area (TPSA) is 65.4 Å². The molecule has 2 aromatic rings. The van der Waals surface area contributed by atoms with Gasteiger partial charge in [0.1, 0.15) is 0 Å². The molecule has 0 amide bonds. The molecule has 0 aliphatic carbocycles. The molecule has 2 rings (SSSR count). The van der Waals surface area contributed by atoms with Crippen LogP contribution in [0.2, 0.25) is 0 Å². The Bertz CT molecular complexity index is 507. The number of nitrogens with one attached hydrogen (secondary N) is 1. The summed E-state index contributed by atoms with van der Waals surface area (Å²) >= 11 is 0. The minimum absolute atomic E-state index is 0.645. The van der Waals surface area contributed by atoms with Gasteiger partial charge in [-0.3, -0.25) is 0 Å². The molecular weight excluding hydrogens is 188 g/mol. The lowest BCUT2D eigenvalue weighted by Crippen LogP contribution is -1.94. The second-order valence-corrected chi connectivity index (χ2v) is 3.30. The van der Waals surface area contributed by atoms with Crippen LogP contribution in [-0.2, 0) is 6.42 Å². The van der Waals surface area contributed by atoms with Gasteiger partial charge in [-0.2, -0.15) is 20.7 Å². The second kappa shape index (κ2) is 3.93. The van der Waals surface area contributed by atoms with Gasteiger partial charge in [0.05, 0.1) is 23.0 Å². The van der Waals surface area contributed by atoms with Gasteiger partial charge in [-0.05, 0) is 18.6 Å². The molecular formula is C11H10N4. The van der Waals surface area contributed by atoms with E-state index in [9.17, 15) is 0 Å². The number of aryl methyl sites for hydroxylation is 1. The van der Waals surface area contributed by atoms with Crippen LogP contribution in [0.5, 0.6) is 0 Å². The summed E-state index contributed by atoms with van der Waals surface area (Å²) in [6.45, 7) is 1.90. The summed E-state index contributed by atoms with van der Waals surface area (Å²) in [5.41, 5.74) is 3.44. The van der Waals surface area contributed by atoms with Crippen molar-refractivity contribution in [2.24, 2.45) is 0 Å². The Morgan fingerprint density at radius 3 is 2.80 bits per heavy atom. The second-order valence-electron chi connectivity index (χ2n) is 3.30. The number of hydrogen-bond acceptors (Lipinski definition) is 3. The van der Waals surface area contributed by atoms with Gasteiger partial charge in [-0.1, -0.05) is 18.2 Å². The molecule has 1 N–H and O–H groups in total. The van der Waals surface area contributed by atoms with Crippen LogP contribution in [0.25, 0.3) is 0 Å². The van der Waals surface area contributed by atoms with Crippen molar-refractivity contribution in [3.63, 3.8) is 0 Å². The summed E-state index contributed by atoms with van der Waals surface area (Å²) in [6, 6.07) is 9.70. The Morgan fingerprint density at radius 2 is 2.13 bits per heavy atom. The quantitative estimate of drug-likeness (QED) is 0.796. The number of aromatic amines is 1. The maximum atomic E-state index is 8.92. The molecule has 0 saturated heterocycles. The third-order valence-electron chi connectivity index (χ3n) is 2.32. The molecule has 1 heterocycles. The van der Waals surface area contributed by atoms with Crippen LogP contribution in [0.15, 0.2) is 24.3 Å². The van der Waals surface area contributed by atoms with E-state index in [1.165, 1.54) is 0 Å². The largest absolute Gasteiger partial charge is 0.197 e. The molecule has 74 valence electrons. The smallest absolute Gasteiger partial charge is 0.0994 e. The summed E-state index contributed by atoms with van der Waals surface area (Å²) in [4.78, 5) is 0. The summed E-state index contributed by atoms with van der Waals surface area (Å²) < 4.78 is 0. The van der Waals surface area contributed by atoms with E-state index in [0.29, 0.717) is 12.0 Å². The number of aromatic nitrogens is 3. The first-order valence-electron chi connectivity index (χ1n) is 4.65. The van der Waals surface area contributed by atoms with Gasteiger partial charge >= 0.3 is 0 Å². The van der Waals surface area contributed by atoms with Gasteiger partial charge in [0.2, 0.25) is 0 Å². The Balaban J connectivity index is 2.33. The van der Waals surface area contributed by atoms with Crippen molar-refractivity contribution in [2.75, 3.05) is 0 Å². The molecule has 1 aromatic carbocycles. The monoisotopic (exact) mass is 198 g/mol. The third kappa shape index (κ3) is 1.86. The predicted molar refractivity (Wildman–Crippen MR) is 55.1 cm³/mol. The van der Waals surface area contributed by atoms with Crippen molar-refractivity contribution < 1.29 is 0 Å². The predicted octanol–water partition coefficient (Wildman–Crippen LogP) is 1.58. The zero-order valence-electron chi connectivity index (χ0n) is 8.36. The lowest BCUT2D eigenvalue weighted by molar-refractivity contribution is 0.911. The molecule has 4 nitrogen and oxygen atoms in total. The molecule has 0 radical (unpaired) electrons. The average Bonchev–Trinajstić information content (AvgIpc) is 2.65. The van der Waals surface area contributed by atoms with Crippen LogP contribution in [-0.4, -0.2) is 15.4 Å². The Morgan fingerprint density at radius 1 is 1.33 bits per heavy atom. The number of hydrogen-bond donors (Lipinski definition) is 1. The number of benzene rings is 1. The summed E-state index contributed by atoms with van der Waals surface area (Å²) in [6.07, 6.45) is 0.645. The zero-order valence-corrected chi connectivity index (χ0v) is 8.36. The molecule has 0 fully saturated rings. The van der Waals surface area contributed by atoms with Gasteiger partial charge in [0, 0.05) is 6.42 Å². The van der Waals surface area contributed by atoms with Crippen LogP contribution < -0.4 is 0 Å². The van der Waals surface area contributed by atoms with E-state index in [0.717, 1.165) is 17.0 Å². The van der Waals surface area contributed by atoms with E-state index in [4.69, 9.17) is 5.26 Å². The maximum absolute atomic E-state index is 8.92. The highest BCUT2D eigenvalue weighted by Crippen LogP contribution is 2.13. The molecule has 0 saturated carbocycles. The van der Waals surface area contributed by atoms with Crippen LogP contribution >= 0.6 is 0 Å². The van der Waals surface area contributed by atoms with Crippen molar-refractivity contribution in [3.05, 3.63) is 46.8 Å². The van der Waals surface area contributed by atoms with E-state index in [-0.39, 0.29) is 0 Å². The summed E-state index contributed by atoms with van der Waals surface area (Å²) in [5.74, 6) is 0. The van der Waals surface area contributed by atoms with Gasteiger partial charge < -0.3 is 0 Å². The molecule has 4 heteroatoms. The molecule has 0 atom stereocenters. The maximum Gasteiger partial charge on any atom is 0.0994 e. The van der Waals surface area contributed by atoms with Crippen LogP contribution in [0, 0.1) is 18.3 Å². The highest BCUT2D eigenvalue weighted by Gasteiger charge is 2.07. The van der Waals surface area contributed by atoms with Crippen LogP contribution in [0.3, 0.4) is 0 Å². The zero-order chi connectivity index (χ0) is 10.7. The van der Waals surface area contributed by atoms with E-state index in [1.807, 2.05) is 31.2 Å². The molecule has 0 unspecified atom stereocenters. The first kappa shape index (κ1) is 9.41. The Hall–Kier alpha value is -2.15. The van der Waals surface area contributed by atoms with Gasteiger partial charge in [0.25, 0.3) is 0 Å². The minimum atomic E-state index is 0.645. The summed E-state index contributed by atoms with van der Waals surface area (Å²) in [7, 11) is 0.